The summed E-state index contributed by atoms with van der Waals surface area (Å²) in [4.78, 5) is 12.0. The van der Waals surface area contributed by atoms with Crippen LogP contribution in [0.25, 0.3) is 5.69 Å². The van der Waals surface area contributed by atoms with Crippen molar-refractivity contribution in [3.8, 4) is 11.4 Å². The van der Waals surface area contributed by atoms with Crippen molar-refractivity contribution in [1.82, 2.24) is 35.2 Å². The van der Waals surface area contributed by atoms with E-state index in [2.05, 4.69) is 25.8 Å². The minimum Gasteiger partial charge on any atom is -0.487 e. The van der Waals surface area contributed by atoms with Gasteiger partial charge in [-0.1, -0.05) is 18.2 Å². The number of hydrogen-bond acceptors (Lipinski definition) is 7. The first-order chi connectivity index (χ1) is 11.1. The van der Waals surface area contributed by atoms with Crippen molar-refractivity contribution in [3.63, 3.8) is 0 Å². The lowest BCUT2D eigenvalue weighted by Crippen LogP contribution is -2.24. The fraction of sp³-hybridized carbons (Fsp3) is 0.231. The fourth-order valence-corrected chi connectivity index (χ4v) is 1.84. The molecule has 9 nitrogen and oxygen atoms in total. The lowest BCUT2D eigenvalue weighted by atomic mass is 10.2. The summed E-state index contributed by atoms with van der Waals surface area (Å²) in [6, 6.07) is 5.45. The smallest absolute Gasteiger partial charge is 0.368 e. The predicted octanol–water partition coefficient (Wildman–Crippen LogP) is 0.0384. The number of aromatic nitrogens is 7. The molecule has 0 unspecified atom stereocenters. The molecule has 9 heteroatoms. The van der Waals surface area contributed by atoms with E-state index in [-0.39, 0.29) is 6.61 Å². The Morgan fingerprint density at radius 1 is 1.36 bits per heavy atom. The molecule has 0 saturated heterocycles. The molecule has 0 aliphatic rings. The van der Waals surface area contributed by atoms with E-state index in [0.717, 1.165) is 14.9 Å². The van der Waals surface area contributed by atoms with Gasteiger partial charge in [0.25, 0.3) is 0 Å². The van der Waals surface area contributed by atoms with E-state index in [4.69, 9.17) is 6.11 Å². The molecular formula is C13H13N7O2. The van der Waals surface area contributed by atoms with Gasteiger partial charge in [0.1, 0.15) is 23.7 Å². The zero-order chi connectivity index (χ0) is 16.4. The summed E-state index contributed by atoms with van der Waals surface area (Å²) in [6.07, 6.45) is 1.38. The highest BCUT2D eigenvalue weighted by atomic mass is 16.5. The predicted molar refractivity (Wildman–Crippen MR) is 75.5 cm³/mol. The number of nitrogens with zero attached hydrogens (tertiary/aromatic N) is 7. The molecule has 3 rings (SSSR count). The van der Waals surface area contributed by atoms with Crippen molar-refractivity contribution in [2.24, 2.45) is 7.05 Å². The Labute approximate surface area is 126 Å². The summed E-state index contributed by atoms with van der Waals surface area (Å²) in [5.41, 5.74) is 1.17. The van der Waals surface area contributed by atoms with Crippen LogP contribution < -0.4 is 10.4 Å². The molecule has 0 bridgehead atoms. The monoisotopic (exact) mass is 301 g/mol. The summed E-state index contributed by atoms with van der Waals surface area (Å²) in [6.45, 7) is 1.92. The molecule has 112 valence electrons. The van der Waals surface area contributed by atoms with Crippen LogP contribution >= 0.6 is 0 Å². The van der Waals surface area contributed by atoms with E-state index in [1.165, 1.54) is 13.2 Å². The molecule has 0 atom stereocenters. The Hall–Kier alpha value is -3.10. The third-order valence-electron chi connectivity index (χ3n) is 3.03. The van der Waals surface area contributed by atoms with Crippen LogP contribution in [0.2, 0.25) is 0 Å². The van der Waals surface area contributed by atoms with Gasteiger partial charge in [-0.15, -0.1) is 10.2 Å². The number of para-hydroxylation sites is 1. The zero-order valence-corrected chi connectivity index (χ0v) is 12.0. The molecule has 0 fully saturated rings. The Kier molecular flexibility index (Phi) is 3.28. The van der Waals surface area contributed by atoms with Crippen molar-refractivity contribution in [2.45, 2.75) is 13.5 Å². The lowest BCUT2D eigenvalue weighted by molar-refractivity contribution is 0.296. The number of rotatable bonds is 4. The highest BCUT2D eigenvalue weighted by Crippen LogP contribution is 2.18. The standard InChI is InChI=1S/C13H13N7O2/c1-9-5-3-4-6-12(9)22-8-10-11(7-14-16-15-10)20-13(21)19(2)17-18-20/h3-7H,8H2,1-2H3/i3T. The van der Waals surface area contributed by atoms with E-state index in [9.17, 15) is 4.79 Å². The molecule has 0 N–H and O–H groups in total. The molecule has 0 saturated carbocycles. The van der Waals surface area contributed by atoms with Crippen molar-refractivity contribution >= 4 is 0 Å². The third kappa shape index (κ3) is 2.55. The average molecular weight is 301 g/mol. The highest BCUT2D eigenvalue weighted by molar-refractivity contribution is 5.34. The second-order valence-electron chi connectivity index (χ2n) is 4.54. The molecule has 2 aromatic heterocycles. The normalized spacial score (nSPS) is 11.3. The molecule has 3 aromatic rings. The van der Waals surface area contributed by atoms with Gasteiger partial charge in [-0.3, -0.25) is 0 Å². The van der Waals surface area contributed by atoms with Crippen LogP contribution in [-0.4, -0.2) is 35.2 Å². The Bertz CT molecular complexity index is 905. The van der Waals surface area contributed by atoms with E-state index >= 15 is 0 Å². The zero-order valence-electron chi connectivity index (χ0n) is 13.0. The van der Waals surface area contributed by atoms with Gasteiger partial charge in [-0.25, -0.2) is 4.79 Å². The van der Waals surface area contributed by atoms with Crippen LogP contribution in [0, 0.1) is 6.92 Å². The van der Waals surface area contributed by atoms with Gasteiger partial charge in [0.05, 0.1) is 7.57 Å². The quantitative estimate of drug-likeness (QED) is 0.670. The van der Waals surface area contributed by atoms with Crippen LogP contribution in [0.1, 0.15) is 12.6 Å². The largest absolute Gasteiger partial charge is 0.487 e. The summed E-state index contributed by atoms with van der Waals surface area (Å²) < 4.78 is 15.4. The Morgan fingerprint density at radius 3 is 2.95 bits per heavy atom. The lowest BCUT2D eigenvalue weighted by Gasteiger charge is -2.09. The first-order valence-corrected chi connectivity index (χ1v) is 6.43. The Morgan fingerprint density at radius 2 is 2.23 bits per heavy atom. The van der Waals surface area contributed by atoms with Crippen LogP contribution in [0.4, 0.5) is 0 Å². The van der Waals surface area contributed by atoms with Crippen molar-refractivity contribution in [2.75, 3.05) is 0 Å². The Balaban J connectivity index is 1.89. The van der Waals surface area contributed by atoms with Gasteiger partial charge >= 0.3 is 5.69 Å². The summed E-state index contributed by atoms with van der Waals surface area (Å²) in [5, 5.41) is 18.6. The van der Waals surface area contributed by atoms with Crippen LogP contribution in [0.15, 0.2) is 35.2 Å². The maximum Gasteiger partial charge on any atom is 0.368 e. The van der Waals surface area contributed by atoms with Crippen LogP contribution in [-0.2, 0) is 13.7 Å². The number of benzene rings is 1. The van der Waals surface area contributed by atoms with E-state index in [0.29, 0.717) is 23.2 Å². The SMILES string of the molecule is [3H]c1ccc(OCc2nnncc2-n2nnn(C)c2=O)c(C)c1. The molecule has 0 radical (unpaired) electrons. The van der Waals surface area contributed by atoms with Crippen molar-refractivity contribution in [1.29, 1.82) is 0 Å². The van der Waals surface area contributed by atoms with E-state index in [1.54, 1.807) is 18.2 Å². The summed E-state index contributed by atoms with van der Waals surface area (Å²) >= 11 is 0. The van der Waals surface area contributed by atoms with E-state index < -0.39 is 5.69 Å². The molecule has 1 aromatic carbocycles. The maximum atomic E-state index is 12.0. The van der Waals surface area contributed by atoms with Gasteiger partial charge in [0, 0.05) is 7.05 Å². The topological polar surface area (TPSA) is 101 Å². The molecule has 0 amide bonds. The second-order valence-corrected chi connectivity index (χ2v) is 4.54. The maximum absolute atomic E-state index is 12.0. The molecular weight excluding hydrogens is 286 g/mol. The fourth-order valence-electron chi connectivity index (χ4n) is 1.84. The highest BCUT2D eigenvalue weighted by Gasteiger charge is 2.14. The van der Waals surface area contributed by atoms with Gasteiger partial charge in [0.2, 0.25) is 0 Å². The first kappa shape index (κ1) is 12.6. The molecule has 0 aliphatic heterocycles. The third-order valence-corrected chi connectivity index (χ3v) is 3.03. The van der Waals surface area contributed by atoms with E-state index in [1.807, 2.05) is 6.92 Å². The second kappa shape index (κ2) is 5.72. The summed E-state index contributed by atoms with van der Waals surface area (Å²) in [5.74, 6) is 0.622. The van der Waals surface area contributed by atoms with Crippen molar-refractivity contribution < 1.29 is 6.11 Å². The van der Waals surface area contributed by atoms with Crippen molar-refractivity contribution in [3.05, 3.63) is 52.2 Å². The van der Waals surface area contributed by atoms with Crippen LogP contribution in [0.3, 0.4) is 0 Å². The molecule has 0 spiro atoms. The number of tetrazole rings is 1. The summed E-state index contributed by atoms with van der Waals surface area (Å²) in [7, 11) is 1.50. The first-order valence-electron chi connectivity index (χ1n) is 6.93. The number of ether oxygens (including phenoxy) is 1. The van der Waals surface area contributed by atoms with Gasteiger partial charge < -0.3 is 4.74 Å². The number of hydrogen-bond donors (Lipinski definition) is 0. The molecule has 22 heavy (non-hydrogen) atoms. The molecule has 0 aliphatic carbocycles. The van der Waals surface area contributed by atoms with Crippen LogP contribution in [0.5, 0.6) is 5.75 Å². The minimum atomic E-state index is -0.421. The van der Waals surface area contributed by atoms with Gasteiger partial charge in [-0.05, 0) is 34.2 Å². The van der Waals surface area contributed by atoms with Gasteiger partial charge in [-0.2, -0.15) is 9.36 Å². The van der Waals surface area contributed by atoms with Gasteiger partial charge in [0.15, 0.2) is 0 Å². The minimum absolute atomic E-state index is 0.0755. The molecule has 2 heterocycles. The number of aryl methyl sites for hydroxylation is 2. The average Bonchev–Trinajstić information content (AvgIpc) is 2.86.